The molecule has 0 atom stereocenters. The lowest BCUT2D eigenvalue weighted by Crippen LogP contribution is -2.16. The number of methoxy groups -OCH3 is 1. The van der Waals surface area contributed by atoms with Gasteiger partial charge in [-0.25, -0.2) is 0 Å². The Morgan fingerprint density at radius 1 is 1.27 bits per heavy atom. The summed E-state index contributed by atoms with van der Waals surface area (Å²) in [6.07, 6.45) is 0.351. The molecule has 0 aromatic heterocycles. The van der Waals surface area contributed by atoms with Crippen molar-refractivity contribution < 1.29 is 9.53 Å². The Balaban J connectivity index is 3.02. The number of hydrogen-bond acceptors (Lipinski definition) is 2. The van der Waals surface area contributed by atoms with Crippen LogP contribution in [0.2, 0.25) is 0 Å². The second-order valence-corrected chi connectivity index (χ2v) is 4.66. The molecule has 0 fully saturated rings. The van der Waals surface area contributed by atoms with Gasteiger partial charge in [0, 0.05) is 0 Å². The van der Waals surface area contributed by atoms with Crippen molar-refractivity contribution in [1.29, 1.82) is 0 Å². The van der Waals surface area contributed by atoms with Gasteiger partial charge in [-0.05, 0) is 16.5 Å². The molecular formula is C13H18O2. The van der Waals surface area contributed by atoms with E-state index in [1.54, 1.807) is 0 Å². The van der Waals surface area contributed by atoms with E-state index in [4.69, 9.17) is 0 Å². The predicted octanol–water partition coefficient (Wildman–Crippen LogP) is 2.70. The molecule has 1 aromatic rings. The Morgan fingerprint density at radius 3 is 2.40 bits per heavy atom. The molecule has 1 aromatic carbocycles. The van der Waals surface area contributed by atoms with E-state index in [2.05, 4.69) is 31.6 Å². The van der Waals surface area contributed by atoms with Crippen LogP contribution in [0.4, 0.5) is 0 Å². The van der Waals surface area contributed by atoms with Crippen molar-refractivity contribution >= 4 is 5.97 Å². The second kappa shape index (κ2) is 4.47. The summed E-state index contributed by atoms with van der Waals surface area (Å²) in [6.45, 7) is 6.43. The third-order valence-electron chi connectivity index (χ3n) is 2.39. The molecule has 0 saturated carbocycles. The maximum absolute atomic E-state index is 11.2. The molecule has 2 heteroatoms. The summed E-state index contributed by atoms with van der Waals surface area (Å²) < 4.78 is 4.68. The fourth-order valence-electron chi connectivity index (χ4n) is 1.63. The zero-order chi connectivity index (χ0) is 11.5. The highest BCUT2D eigenvalue weighted by Gasteiger charge is 2.18. The summed E-state index contributed by atoms with van der Waals surface area (Å²) in [5.41, 5.74) is 2.32. The van der Waals surface area contributed by atoms with Crippen molar-refractivity contribution in [3.05, 3.63) is 35.4 Å². The molecule has 0 spiro atoms. The minimum Gasteiger partial charge on any atom is -0.469 e. The van der Waals surface area contributed by atoms with E-state index in [1.165, 1.54) is 12.7 Å². The maximum atomic E-state index is 11.2. The number of carbonyl (C=O) groups excluding carboxylic acids is 1. The number of benzene rings is 1. The normalized spacial score (nSPS) is 11.2. The molecule has 0 aliphatic heterocycles. The van der Waals surface area contributed by atoms with Gasteiger partial charge in [-0.15, -0.1) is 0 Å². The second-order valence-electron chi connectivity index (χ2n) is 4.66. The van der Waals surface area contributed by atoms with Gasteiger partial charge in [0.05, 0.1) is 13.5 Å². The van der Waals surface area contributed by atoms with E-state index in [9.17, 15) is 4.79 Å². The molecule has 2 nitrogen and oxygen atoms in total. The molecule has 15 heavy (non-hydrogen) atoms. The summed E-state index contributed by atoms with van der Waals surface area (Å²) in [6, 6.07) is 8.00. The average molecular weight is 206 g/mol. The van der Waals surface area contributed by atoms with Crippen LogP contribution in [0.3, 0.4) is 0 Å². The van der Waals surface area contributed by atoms with E-state index in [0.717, 1.165) is 5.56 Å². The van der Waals surface area contributed by atoms with Gasteiger partial charge in [0.1, 0.15) is 0 Å². The molecule has 0 radical (unpaired) electrons. The zero-order valence-electron chi connectivity index (χ0n) is 9.83. The van der Waals surface area contributed by atoms with Gasteiger partial charge >= 0.3 is 5.97 Å². The fourth-order valence-corrected chi connectivity index (χ4v) is 1.63. The summed E-state index contributed by atoms with van der Waals surface area (Å²) in [4.78, 5) is 11.2. The third kappa shape index (κ3) is 3.08. The van der Waals surface area contributed by atoms with Crippen LogP contribution in [0.5, 0.6) is 0 Å². The number of rotatable bonds is 2. The Kier molecular flexibility index (Phi) is 3.51. The van der Waals surface area contributed by atoms with Crippen molar-refractivity contribution in [2.75, 3.05) is 7.11 Å². The number of hydrogen-bond donors (Lipinski definition) is 0. The monoisotopic (exact) mass is 206 g/mol. The molecule has 0 unspecified atom stereocenters. The Bertz CT molecular complexity index is 348. The van der Waals surface area contributed by atoms with Gasteiger partial charge in [-0.2, -0.15) is 0 Å². The first-order valence-electron chi connectivity index (χ1n) is 5.10. The first-order chi connectivity index (χ1) is 6.95. The Hall–Kier alpha value is -1.31. The van der Waals surface area contributed by atoms with Crippen molar-refractivity contribution in [2.45, 2.75) is 32.6 Å². The van der Waals surface area contributed by atoms with Crippen LogP contribution in [0, 0.1) is 0 Å². The molecule has 0 heterocycles. The fraction of sp³-hybridized carbons (Fsp3) is 0.462. The molecular weight excluding hydrogens is 188 g/mol. The SMILES string of the molecule is COC(=O)Cc1ccccc1C(C)(C)C. The molecule has 0 N–H and O–H groups in total. The average Bonchev–Trinajstić information content (AvgIpc) is 2.17. The maximum Gasteiger partial charge on any atom is 0.309 e. The summed E-state index contributed by atoms with van der Waals surface area (Å²) in [7, 11) is 1.42. The summed E-state index contributed by atoms with van der Waals surface area (Å²) in [5, 5.41) is 0. The molecule has 0 aliphatic rings. The van der Waals surface area contributed by atoms with Crippen LogP contribution in [-0.2, 0) is 21.4 Å². The molecule has 82 valence electrons. The van der Waals surface area contributed by atoms with Gasteiger partial charge in [0.15, 0.2) is 0 Å². The first-order valence-corrected chi connectivity index (χ1v) is 5.10. The van der Waals surface area contributed by atoms with Crippen LogP contribution in [0.15, 0.2) is 24.3 Å². The van der Waals surface area contributed by atoms with Crippen molar-refractivity contribution in [3.63, 3.8) is 0 Å². The quantitative estimate of drug-likeness (QED) is 0.695. The van der Waals surface area contributed by atoms with Gasteiger partial charge in [0.25, 0.3) is 0 Å². The molecule has 0 bridgehead atoms. The lowest BCUT2D eigenvalue weighted by Gasteiger charge is -2.22. The molecule has 0 saturated heterocycles. The minimum absolute atomic E-state index is 0.0601. The number of esters is 1. The van der Waals surface area contributed by atoms with Gasteiger partial charge in [-0.3, -0.25) is 4.79 Å². The summed E-state index contributed by atoms with van der Waals surface area (Å²) in [5.74, 6) is -0.188. The highest BCUT2D eigenvalue weighted by Crippen LogP contribution is 2.25. The predicted molar refractivity (Wildman–Crippen MR) is 60.9 cm³/mol. The molecule has 0 amide bonds. The molecule has 1 rings (SSSR count). The largest absolute Gasteiger partial charge is 0.469 e. The van der Waals surface area contributed by atoms with E-state index in [-0.39, 0.29) is 11.4 Å². The van der Waals surface area contributed by atoms with E-state index >= 15 is 0 Å². The lowest BCUT2D eigenvalue weighted by molar-refractivity contribution is -0.139. The summed E-state index contributed by atoms with van der Waals surface area (Å²) >= 11 is 0. The minimum atomic E-state index is -0.188. The van der Waals surface area contributed by atoms with Crippen LogP contribution in [-0.4, -0.2) is 13.1 Å². The van der Waals surface area contributed by atoms with Crippen molar-refractivity contribution in [1.82, 2.24) is 0 Å². The molecule has 0 aliphatic carbocycles. The van der Waals surface area contributed by atoms with E-state index in [1.807, 2.05) is 18.2 Å². The number of carbonyl (C=O) groups is 1. The Morgan fingerprint density at radius 2 is 1.87 bits per heavy atom. The van der Waals surface area contributed by atoms with E-state index in [0.29, 0.717) is 6.42 Å². The zero-order valence-corrected chi connectivity index (χ0v) is 9.83. The van der Waals surface area contributed by atoms with Gasteiger partial charge in [-0.1, -0.05) is 45.0 Å². The van der Waals surface area contributed by atoms with Crippen LogP contribution >= 0.6 is 0 Å². The first kappa shape index (κ1) is 11.8. The highest BCUT2D eigenvalue weighted by atomic mass is 16.5. The third-order valence-corrected chi connectivity index (χ3v) is 2.39. The Labute approximate surface area is 91.3 Å². The topological polar surface area (TPSA) is 26.3 Å². The van der Waals surface area contributed by atoms with Crippen LogP contribution in [0.25, 0.3) is 0 Å². The smallest absolute Gasteiger partial charge is 0.309 e. The number of ether oxygens (including phenoxy) is 1. The van der Waals surface area contributed by atoms with Crippen LogP contribution in [0.1, 0.15) is 31.9 Å². The van der Waals surface area contributed by atoms with Gasteiger partial charge in [0.2, 0.25) is 0 Å². The van der Waals surface area contributed by atoms with E-state index < -0.39 is 0 Å². The highest BCUT2D eigenvalue weighted by molar-refractivity contribution is 5.73. The van der Waals surface area contributed by atoms with Crippen molar-refractivity contribution in [3.8, 4) is 0 Å². The standard InChI is InChI=1S/C13H18O2/c1-13(2,3)11-8-6-5-7-10(11)9-12(14)15-4/h5-8H,9H2,1-4H3. The lowest BCUT2D eigenvalue weighted by atomic mass is 9.83. The van der Waals surface area contributed by atoms with Crippen LogP contribution < -0.4 is 0 Å². The van der Waals surface area contributed by atoms with Crippen molar-refractivity contribution in [2.24, 2.45) is 0 Å². The van der Waals surface area contributed by atoms with Gasteiger partial charge < -0.3 is 4.74 Å².